The van der Waals surface area contributed by atoms with Gasteiger partial charge < -0.3 is 0 Å². The van der Waals surface area contributed by atoms with Crippen molar-refractivity contribution < 1.29 is 0 Å². The topological polar surface area (TPSA) is 47.6 Å². The first-order valence-corrected chi connectivity index (χ1v) is 3.79. The van der Waals surface area contributed by atoms with Crippen molar-refractivity contribution in [3.63, 3.8) is 0 Å². The average molecular weight is 196 g/mol. The molecule has 0 saturated heterocycles. The summed E-state index contributed by atoms with van der Waals surface area (Å²) in [6.45, 7) is 0. The van der Waals surface area contributed by atoms with E-state index in [9.17, 15) is 0 Å². The maximum atomic E-state index is 7.18. The summed E-state index contributed by atoms with van der Waals surface area (Å²) in [7, 11) is 0. The molecule has 0 radical (unpaired) electrons. The minimum atomic E-state index is 1.44. The summed E-state index contributed by atoms with van der Waals surface area (Å²) in [5, 5.41) is 17.3. The molecule has 0 aromatic heterocycles. The second-order valence-electron chi connectivity index (χ2n) is 1.35. The second-order valence-corrected chi connectivity index (χ2v) is 1.75. The molecule has 0 bridgehead atoms. The molecule has 0 fully saturated rings. The van der Waals surface area contributed by atoms with Crippen LogP contribution in [0.5, 0.6) is 0 Å². The monoisotopic (exact) mass is 196 g/mol. The van der Waals surface area contributed by atoms with Crippen molar-refractivity contribution >= 4 is 25.3 Å². The molecular weight excluding hydrogens is 188 g/mol. The van der Waals surface area contributed by atoms with Crippen molar-refractivity contribution in [1.82, 2.24) is 0 Å². The van der Waals surface area contributed by atoms with Crippen LogP contribution in [0.4, 0.5) is 0 Å². The van der Waals surface area contributed by atoms with Crippen LogP contribution in [-0.2, 0) is 0 Å². The van der Waals surface area contributed by atoms with Crippen LogP contribution in [0, 0.1) is 21.3 Å². The molecule has 0 aliphatic carbocycles. The van der Waals surface area contributed by atoms with Crippen LogP contribution >= 0.6 is 25.3 Å². The maximum Gasteiger partial charge on any atom is 0.130 e. The predicted molar refractivity (Wildman–Crippen MR) is 55.6 cm³/mol. The Morgan fingerprint density at radius 1 is 0.667 bits per heavy atom. The van der Waals surface area contributed by atoms with Crippen LogP contribution in [-0.4, -0.2) is 0 Å². The molecule has 0 heterocycles. The Hall–Kier alpha value is -1.10. The number of thiocyanates is 2. The summed E-state index contributed by atoms with van der Waals surface area (Å²) in [5.74, 6) is 0. The summed E-state index contributed by atoms with van der Waals surface area (Å²) >= 11 is 6.19. The van der Waals surface area contributed by atoms with Crippen molar-refractivity contribution in [3.8, 4) is 10.8 Å². The first-order chi connectivity index (χ1) is 5.83. The largest absolute Gasteiger partial charge is 0.185 e. The normalized spacial score (nSPS) is 5.33. The predicted octanol–water partition coefficient (Wildman–Crippen LogP) is 2.48. The SMILES string of the molecule is N#CS.N#CS.c1ccccc1. The smallest absolute Gasteiger partial charge is 0.130 e. The highest BCUT2D eigenvalue weighted by Gasteiger charge is 1.57. The van der Waals surface area contributed by atoms with Gasteiger partial charge in [-0.05, 0) is 0 Å². The van der Waals surface area contributed by atoms with E-state index in [0.29, 0.717) is 0 Å². The lowest BCUT2D eigenvalue weighted by Gasteiger charge is -1.69. The Morgan fingerprint density at radius 2 is 0.750 bits per heavy atom. The van der Waals surface area contributed by atoms with E-state index in [1.54, 1.807) is 0 Å². The van der Waals surface area contributed by atoms with Gasteiger partial charge in [0.15, 0.2) is 0 Å². The van der Waals surface area contributed by atoms with Gasteiger partial charge in [0.1, 0.15) is 10.8 Å². The molecule has 1 aromatic carbocycles. The molecule has 0 spiro atoms. The van der Waals surface area contributed by atoms with E-state index in [-0.39, 0.29) is 0 Å². The lowest BCUT2D eigenvalue weighted by Crippen LogP contribution is -1.47. The lowest BCUT2D eigenvalue weighted by molar-refractivity contribution is 1.57. The van der Waals surface area contributed by atoms with E-state index in [1.807, 2.05) is 36.4 Å². The zero-order valence-electron chi connectivity index (χ0n) is 6.25. The molecule has 1 rings (SSSR count). The molecule has 0 N–H and O–H groups in total. The van der Waals surface area contributed by atoms with E-state index < -0.39 is 0 Å². The van der Waals surface area contributed by atoms with E-state index >= 15 is 0 Å². The van der Waals surface area contributed by atoms with E-state index in [2.05, 4.69) is 25.3 Å². The molecule has 62 valence electrons. The van der Waals surface area contributed by atoms with Crippen molar-refractivity contribution in [1.29, 1.82) is 10.5 Å². The highest BCUT2D eigenvalue weighted by Crippen LogP contribution is 1.79. The Morgan fingerprint density at radius 3 is 0.833 bits per heavy atom. The summed E-state index contributed by atoms with van der Waals surface area (Å²) in [5.41, 5.74) is 0. The van der Waals surface area contributed by atoms with Crippen LogP contribution in [0.1, 0.15) is 0 Å². The lowest BCUT2D eigenvalue weighted by atomic mass is 10.4. The first kappa shape index (κ1) is 13.5. The van der Waals surface area contributed by atoms with Gasteiger partial charge >= 0.3 is 0 Å². The Balaban J connectivity index is 0. The van der Waals surface area contributed by atoms with Gasteiger partial charge in [-0.25, -0.2) is 0 Å². The van der Waals surface area contributed by atoms with E-state index in [4.69, 9.17) is 10.5 Å². The van der Waals surface area contributed by atoms with Gasteiger partial charge in [0.25, 0.3) is 0 Å². The summed E-state index contributed by atoms with van der Waals surface area (Å²) in [4.78, 5) is 0. The number of benzene rings is 1. The molecule has 0 aliphatic heterocycles. The fourth-order valence-electron chi connectivity index (χ4n) is 0.385. The molecule has 0 aliphatic rings. The van der Waals surface area contributed by atoms with Crippen molar-refractivity contribution in [2.75, 3.05) is 0 Å². The third-order valence-corrected chi connectivity index (χ3v) is 0.667. The molecule has 0 unspecified atom stereocenters. The minimum absolute atomic E-state index is 1.44. The maximum absolute atomic E-state index is 7.18. The molecule has 0 atom stereocenters. The fourth-order valence-corrected chi connectivity index (χ4v) is 0.385. The summed E-state index contributed by atoms with van der Waals surface area (Å²) in [6.07, 6.45) is 0. The van der Waals surface area contributed by atoms with Gasteiger partial charge in [-0.2, -0.15) is 10.5 Å². The Kier molecular flexibility index (Phi) is 18.5. The standard InChI is InChI=1S/C6H6.2CHNS/c1-2-4-6-5-3-1;2*2-1-3/h1-6H;2*3H. The van der Waals surface area contributed by atoms with E-state index in [0.717, 1.165) is 0 Å². The molecule has 0 amide bonds. The Bertz CT molecular complexity index is 197. The first-order valence-electron chi connectivity index (χ1n) is 2.89. The molecule has 0 saturated carbocycles. The van der Waals surface area contributed by atoms with Gasteiger partial charge in [0, 0.05) is 0 Å². The minimum Gasteiger partial charge on any atom is -0.185 e. The molecule has 2 nitrogen and oxygen atoms in total. The number of nitrogens with zero attached hydrogens (tertiary/aromatic N) is 2. The van der Waals surface area contributed by atoms with Crippen molar-refractivity contribution in [3.05, 3.63) is 36.4 Å². The van der Waals surface area contributed by atoms with Gasteiger partial charge in [-0.3, -0.25) is 0 Å². The second kappa shape index (κ2) is 16.5. The fraction of sp³-hybridized carbons (Fsp3) is 0. The summed E-state index contributed by atoms with van der Waals surface area (Å²) < 4.78 is 0. The third-order valence-electron chi connectivity index (χ3n) is 0.667. The van der Waals surface area contributed by atoms with Gasteiger partial charge in [0.2, 0.25) is 0 Å². The van der Waals surface area contributed by atoms with E-state index in [1.165, 1.54) is 10.8 Å². The van der Waals surface area contributed by atoms with Crippen LogP contribution in [0.2, 0.25) is 0 Å². The van der Waals surface area contributed by atoms with Crippen LogP contribution in [0.3, 0.4) is 0 Å². The zero-order valence-corrected chi connectivity index (χ0v) is 8.04. The summed E-state index contributed by atoms with van der Waals surface area (Å²) in [6, 6.07) is 12.0. The van der Waals surface area contributed by atoms with Gasteiger partial charge in [0.05, 0.1) is 0 Å². The number of thiol groups is 2. The Labute approximate surface area is 83.3 Å². The highest BCUT2D eigenvalue weighted by atomic mass is 32.1. The quantitative estimate of drug-likeness (QED) is 0.494. The van der Waals surface area contributed by atoms with Gasteiger partial charge in [-0.1, -0.05) is 61.7 Å². The number of hydrogen-bond donors (Lipinski definition) is 2. The molecule has 12 heavy (non-hydrogen) atoms. The van der Waals surface area contributed by atoms with Crippen LogP contribution in [0.15, 0.2) is 36.4 Å². The third kappa shape index (κ3) is 23.1. The van der Waals surface area contributed by atoms with Crippen LogP contribution in [0.25, 0.3) is 0 Å². The molecular formula is C8H8N2S2. The number of hydrogen-bond acceptors (Lipinski definition) is 4. The average Bonchev–Trinajstić information content (AvgIpc) is 2.10. The van der Waals surface area contributed by atoms with Crippen molar-refractivity contribution in [2.45, 2.75) is 0 Å². The number of rotatable bonds is 0. The van der Waals surface area contributed by atoms with Gasteiger partial charge in [-0.15, -0.1) is 0 Å². The molecule has 1 aromatic rings. The zero-order chi connectivity index (χ0) is 9.66. The highest BCUT2D eigenvalue weighted by molar-refractivity contribution is 7.85. The van der Waals surface area contributed by atoms with Crippen LogP contribution < -0.4 is 0 Å². The molecule has 4 heteroatoms. The number of nitriles is 2. The van der Waals surface area contributed by atoms with Crippen molar-refractivity contribution in [2.24, 2.45) is 0 Å².